The third-order valence-electron chi connectivity index (χ3n) is 4.26. The van der Waals surface area contributed by atoms with Gasteiger partial charge >= 0.3 is 0 Å². The first-order chi connectivity index (χ1) is 9.86. The predicted octanol–water partition coefficient (Wildman–Crippen LogP) is 1.80. The average Bonchev–Trinajstić information content (AvgIpc) is 2.51. The van der Waals surface area contributed by atoms with Crippen molar-refractivity contribution in [1.82, 2.24) is 10.6 Å². The second-order valence-corrected chi connectivity index (χ2v) is 6.03. The molecule has 0 amide bonds. The van der Waals surface area contributed by atoms with E-state index in [0.29, 0.717) is 13.1 Å². The predicted molar refractivity (Wildman–Crippen MR) is 83.9 cm³/mol. The van der Waals surface area contributed by atoms with Crippen molar-refractivity contribution in [2.45, 2.75) is 76.3 Å². The largest absolute Gasteiger partial charge is 0.395 e. The highest BCUT2D eigenvalue weighted by molar-refractivity contribution is 4.79. The lowest BCUT2D eigenvalue weighted by Crippen LogP contribution is -2.40. The van der Waals surface area contributed by atoms with Gasteiger partial charge in [-0.15, -0.1) is 0 Å². The average molecular weight is 286 g/mol. The van der Waals surface area contributed by atoms with Crippen LogP contribution < -0.4 is 10.6 Å². The van der Waals surface area contributed by atoms with Crippen molar-refractivity contribution >= 4 is 0 Å². The van der Waals surface area contributed by atoms with Crippen LogP contribution in [0.2, 0.25) is 0 Å². The van der Waals surface area contributed by atoms with Gasteiger partial charge in [0.2, 0.25) is 0 Å². The van der Waals surface area contributed by atoms with Crippen LogP contribution in [0.5, 0.6) is 0 Å². The number of nitrogens with one attached hydrogen (secondary N) is 2. The van der Waals surface area contributed by atoms with Crippen molar-refractivity contribution in [2.75, 3.05) is 26.3 Å². The molecule has 4 nitrogen and oxygen atoms in total. The third kappa shape index (κ3) is 8.90. The Labute approximate surface area is 124 Å². The van der Waals surface area contributed by atoms with Gasteiger partial charge < -0.3 is 20.8 Å². The smallest absolute Gasteiger partial charge is 0.0555 e. The van der Waals surface area contributed by atoms with Gasteiger partial charge in [-0.1, -0.05) is 38.5 Å². The zero-order chi connectivity index (χ0) is 14.5. The van der Waals surface area contributed by atoms with Crippen LogP contribution in [-0.2, 0) is 0 Å². The molecule has 2 aliphatic carbocycles. The molecule has 0 atom stereocenters. The Morgan fingerprint density at radius 2 is 1.05 bits per heavy atom. The summed E-state index contributed by atoms with van der Waals surface area (Å²) < 4.78 is 0. The normalized spacial score (nSPS) is 21.3. The zero-order valence-corrected chi connectivity index (χ0v) is 12.9. The quantitative estimate of drug-likeness (QED) is 0.562. The Morgan fingerprint density at radius 3 is 1.40 bits per heavy atom. The van der Waals surface area contributed by atoms with Crippen molar-refractivity contribution in [3.05, 3.63) is 0 Å². The molecule has 2 saturated carbocycles. The molecule has 0 bridgehead atoms. The molecule has 2 fully saturated rings. The van der Waals surface area contributed by atoms with Crippen LogP contribution >= 0.6 is 0 Å². The molecule has 120 valence electrons. The molecule has 20 heavy (non-hydrogen) atoms. The fourth-order valence-corrected chi connectivity index (χ4v) is 3.15. The molecule has 0 spiro atoms. The molecule has 0 saturated heterocycles. The van der Waals surface area contributed by atoms with Crippen molar-refractivity contribution < 1.29 is 10.2 Å². The standard InChI is InChI=1S/C12H23N.C4H11NO2/c1-3-7-11(8-4-1)13-12-9-5-2-6-10-12;6-3-1-5-2-4-7/h11-13H,1-10H2;5-7H,1-4H2. The van der Waals surface area contributed by atoms with E-state index in [9.17, 15) is 0 Å². The first-order valence-corrected chi connectivity index (χ1v) is 8.55. The minimum absolute atomic E-state index is 0.139. The molecule has 0 aromatic rings. The van der Waals surface area contributed by atoms with Gasteiger partial charge in [-0.25, -0.2) is 0 Å². The minimum Gasteiger partial charge on any atom is -0.395 e. The van der Waals surface area contributed by atoms with Crippen LogP contribution in [0, 0.1) is 0 Å². The van der Waals surface area contributed by atoms with Gasteiger partial charge in [0.15, 0.2) is 0 Å². The molecule has 2 aliphatic rings. The maximum absolute atomic E-state index is 8.15. The lowest BCUT2D eigenvalue weighted by Gasteiger charge is -2.30. The molecule has 0 aromatic carbocycles. The van der Waals surface area contributed by atoms with Crippen molar-refractivity contribution in [2.24, 2.45) is 0 Å². The van der Waals surface area contributed by atoms with E-state index < -0.39 is 0 Å². The molecule has 0 unspecified atom stereocenters. The van der Waals surface area contributed by atoms with Crippen LogP contribution in [0.1, 0.15) is 64.2 Å². The van der Waals surface area contributed by atoms with Gasteiger partial charge in [-0.3, -0.25) is 0 Å². The molecule has 4 N–H and O–H groups in total. The summed E-state index contributed by atoms with van der Waals surface area (Å²) in [7, 11) is 0. The monoisotopic (exact) mass is 286 g/mol. The van der Waals surface area contributed by atoms with Crippen LogP contribution in [0.4, 0.5) is 0 Å². The first-order valence-electron chi connectivity index (χ1n) is 8.55. The summed E-state index contributed by atoms with van der Waals surface area (Å²) >= 11 is 0. The summed E-state index contributed by atoms with van der Waals surface area (Å²) in [5.41, 5.74) is 0. The van der Waals surface area contributed by atoms with E-state index >= 15 is 0 Å². The van der Waals surface area contributed by atoms with E-state index in [-0.39, 0.29) is 13.2 Å². The van der Waals surface area contributed by atoms with E-state index in [1.165, 1.54) is 64.2 Å². The number of hydrogen-bond acceptors (Lipinski definition) is 4. The maximum atomic E-state index is 8.15. The molecule has 0 heterocycles. The molecule has 0 radical (unpaired) electrons. The van der Waals surface area contributed by atoms with Gasteiger partial charge in [-0.05, 0) is 25.7 Å². The number of aliphatic hydroxyl groups is 2. The number of aliphatic hydroxyl groups excluding tert-OH is 2. The van der Waals surface area contributed by atoms with Crippen LogP contribution in [-0.4, -0.2) is 48.6 Å². The molecule has 4 heteroatoms. The molecule has 0 aromatic heterocycles. The SMILES string of the molecule is C1CCC(NC2CCCCC2)CC1.OCCNCCO. The minimum atomic E-state index is 0.139. The van der Waals surface area contributed by atoms with Crippen molar-refractivity contribution in [3.63, 3.8) is 0 Å². The van der Waals surface area contributed by atoms with E-state index in [0.717, 1.165) is 12.1 Å². The van der Waals surface area contributed by atoms with E-state index in [1.807, 2.05) is 0 Å². The fraction of sp³-hybridized carbons (Fsp3) is 1.00. The third-order valence-corrected chi connectivity index (χ3v) is 4.26. The lowest BCUT2D eigenvalue weighted by atomic mass is 9.91. The second kappa shape index (κ2) is 12.6. The van der Waals surface area contributed by atoms with Gasteiger partial charge in [0.1, 0.15) is 0 Å². The summed E-state index contributed by atoms with van der Waals surface area (Å²) in [5.74, 6) is 0. The number of rotatable bonds is 6. The summed E-state index contributed by atoms with van der Waals surface area (Å²) in [6, 6.07) is 1.74. The highest BCUT2D eigenvalue weighted by Crippen LogP contribution is 2.22. The Kier molecular flexibility index (Phi) is 11.2. The van der Waals surface area contributed by atoms with Gasteiger partial charge in [0.05, 0.1) is 13.2 Å². The molecular formula is C16H34N2O2. The van der Waals surface area contributed by atoms with Gasteiger partial charge in [0.25, 0.3) is 0 Å². The zero-order valence-electron chi connectivity index (χ0n) is 12.9. The number of hydrogen-bond donors (Lipinski definition) is 4. The Bertz CT molecular complexity index is 183. The van der Waals surface area contributed by atoms with Gasteiger partial charge in [-0.2, -0.15) is 0 Å². The highest BCUT2D eigenvalue weighted by Gasteiger charge is 2.19. The van der Waals surface area contributed by atoms with Crippen LogP contribution in [0.15, 0.2) is 0 Å². The fourth-order valence-electron chi connectivity index (χ4n) is 3.15. The Balaban J connectivity index is 0.000000246. The summed E-state index contributed by atoms with van der Waals surface area (Å²) in [6.45, 7) is 1.42. The van der Waals surface area contributed by atoms with E-state index in [2.05, 4.69) is 10.6 Å². The van der Waals surface area contributed by atoms with Crippen molar-refractivity contribution in [3.8, 4) is 0 Å². The Morgan fingerprint density at radius 1 is 0.650 bits per heavy atom. The lowest BCUT2D eigenvalue weighted by molar-refractivity contribution is 0.266. The molecule has 0 aliphatic heterocycles. The summed E-state index contributed by atoms with van der Waals surface area (Å²) in [4.78, 5) is 0. The molecular weight excluding hydrogens is 252 g/mol. The topological polar surface area (TPSA) is 64.5 Å². The summed E-state index contributed by atoms with van der Waals surface area (Å²) in [6.07, 6.45) is 14.6. The van der Waals surface area contributed by atoms with Gasteiger partial charge in [0, 0.05) is 25.2 Å². The highest BCUT2D eigenvalue weighted by atomic mass is 16.3. The Hall–Kier alpha value is -0.160. The van der Waals surface area contributed by atoms with Crippen LogP contribution in [0.3, 0.4) is 0 Å². The second-order valence-electron chi connectivity index (χ2n) is 6.03. The van der Waals surface area contributed by atoms with E-state index in [4.69, 9.17) is 10.2 Å². The van der Waals surface area contributed by atoms with E-state index in [1.54, 1.807) is 0 Å². The first kappa shape index (κ1) is 17.9. The van der Waals surface area contributed by atoms with Crippen LogP contribution in [0.25, 0.3) is 0 Å². The molecule has 2 rings (SSSR count). The summed E-state index contributed by atoms with van der Waals surface area (Å²) in [5, 5.41) is 22.9. The van der Waals surface area contributed by atoms with Crippen molar-refractivity contribution in [1.29, 1.82) is 0 Å². The maximum Gasteiger partial charge on any atom is 0.0555 e.